The summed E-state index contributed by atoms with van der Waals surface area (Å²) in [5.74, 6) is -0.0633. The second-order valence-electron chi connectivity index (χ2n) is 6.92. The van der Waals surface area contributed by atoms with Crippen molar-refractivity contribution in [2.75, 3.05) is 5.32 Å². The number of amides is 2. The maximum atomic E-state index is 12.4. The van der Waals surface area contributed by atoms with Crippen LogP contribution in [0.25, 0.3) is 11.0 Å². The average molecular weight is 348 g/mol. The SMILES string of the molecule is Cc1ccc(C(=O)Nc2cnc3c(c2)c(C(N)=O)cn3CC2CC2)cc1. The lowest BCUT2D eigenvalue weighted by Gasteiger charge is -2.07. The number of fused-ring (bicyclic) bond motifs is 1. The molecule has 4 rings (SSSR count). The van der Waals surface area contributed by atoms with Crippen LogP contribution in [0, 0.1) is 12.8 Å². The summed E-state index contributed by atoms with van der Waals surface area (Å²) >= 11 is 0. The second kappa shape index (κ2) is 6.29. The van der Waals surface area contributed by atoms with Crippen molar-refractivity contribution in [2.24, 2.45) is 11.7 Å². The predicted molar refractivity (Wildman–Crippen MR) is 100 cm³/mol. The van der Waals surface area contributed by atoms with Crippen LogP contribution in [0.4, 0.5) is 5.69 Å². The molecule has 6 nitrogen and oxygen atoms in total. The molecule has 1 aliphatic carbocycles. The standard InChI is InChI=1S/C20H20N4O2/c1-12-2-6-14(7-3-12)20(26)23-15-8-16-17(18(21)25)11-24(10-13-4-5-13)19(16)22-9-15/h2-3,6-9,11,13H,4-5,10H2,1H3,(H2,21,25)(H,23,26). The molecule has 0 bridgehead atoms. The molecule has 3 N–H and O–H groups in total. The Labute approximate surface area is 151 Å². The van der Waals surface area contributed by atoms with Crippen molar-refractivity contribution in [3.63, 3.8) is 0 Å². The summed E-state index contributed by atoms with van der Waals surface area (Å²) in [6, 6.07) is 9.09. The normalized spacial score (nSPS) is 13.7. The molecule has 132 valence electrons. The second-order valence-corrected chi connectivity index (χ2v) is 6.92. The fraction of sp³-hybridized carbons (Fsp3) is 0.250. The van der Waals surface area contributed by atoms with Gasteiger partial charge in [-0.15, -0.1) is 0 Å². The summed E-state index contributed by atoms with van der Waals surface area (Å²) in [7, 11) is 0. The van der Waals surface area contributed by atoms with Crippen molar-refractivity contribution in [2.45, 2.75) is 26.3 Å². The highest BCUT2D eigenvalue weighted by Crippen LogP contribution is 2.33. The van der Waals surface area contributed by atoms with E-state index in [2.05, 4.69) is 10.3 Å². The van der Waals surface area contributed by atoms with Crippen LogP contribution in [0.3, 0.4) is 0 Å². The van der Waals surface area contributed by atoms with E-state index in [0.717, 1.165) is 17.8 Å². The van der Waals surface area contributed by atoms with E-state index in [0.29, 0.717) is 28.1 Å². The third-order valence-corrected chi connectivity index (χ3v) is 4.70. The zero-order chi connectivity index (χ0) is 18.3. The number of pyridine rings is 1. The molecule has 26 heavy (non-hydrogen) atoms. The third kappa shape index (κ3) is 3.18. The number of nitrogens with two attached hydrogens (primary N) is 1. The molecule has 2 aromatic heterocycles. The third-order valence-electron chi connectivity index (χ3n) is 4.70. The van der Waals surface area contributed by atoms with Crippen LogP contribution in [0.5, 0.6) is 0 Å². The molecule has 1 fully saturated rings. The maximum absolute atomic E-state index is 12.4. The average Bonchev–Trinajstić information content (AvgIpc) is 3.35. The van der Waals surface area contributed by atoms with E-state index in [1.165, 1.54) is 12.8 Å². The van der Waals surface area contributed by atoms with Crippen LogP contribution in [0.2, 0.25) is 0 Å². The van der Waals surface area contributed by atoms with E-state index < -0.39 is 5.91 Å². The van der Waals surface area contributed by atoms with Gasteiger partial charge in [0, 0.05) is 23.7 Å². The fourth-order valence-corrected chi connectivity index (χ4v) is 3.06. The lowest BCUT2D eigenvalue weighted by molar-refractivity contribution is 0.0999. The molecule has 6 heteroatoms. The quantitative estimate of drug-likeness (QED) is 0.742. The van der Waals surface area contributed by atoms with Gasteiger partial charge in [-0.05, 0) is 43.9 Å². The van der Waals surface area contributed by atoms with Gasteiger partial charge in [0.2, 0.25) is 0 Å². The highest BCUT2D eigenvalue weighted by atomic mass is 16.2. The van der Waals surface area contributed by atoms with Crippen LogP contribution < -0.4 is 11.1 Å². The molecule has 2 heterocycles. The number of rotatable bonds is 5. The molecule has 0 atom stereocenters. The van der Waals surface area contributed by atoms with Crippen LogP contribution in [-0.2, 0) is 6.54 Å². The summed E-state index contributed by atoms with van der Waals surface area (Å²) < 4.78 is 1.98. The number of aryl methyl sites for hydroxylation is 1. The molecule has 1 saturated carbocycles. The molecular formula is C20H20N4O2. The largest absolute Gasteiger partial charge is 0.366 e. The molecule has 1 aromatic carbocycles. The van der Waals surface area contributed by atoms with Crippen molar-refractivity contribution in [3.8, 4) is 0 Å². The Morgan fingerprint density at radius 3 is 2.65 bits per heavy atom. The highest BCUT2D eigenvalue weighted by molar-refractivity contribution is 6.08. The number of nitrogens with zero attached hydrogens (tertiary/aromatic N) is 2. The van der Waals surface area contributed by atoms with Gasteiger partial charge in [0.05, 0.1) is 17.4 Å². The van der Waals surface area contributed by atoms with Crippen molar-refractivity contribution in [1.29, 1.82) is 0 Å². The number of primary amides is 1. The van der Waals surface area contributed by atoms with Crippen molar-refractivity contribution < 1.29 is 9.59 Å². The van der Waals surface area contributed by atoms with E-state index in [9.17, 15) is 9.59 Å². The molecule has 0 spiro atoms. The Hall–Kier alpha value is -3.15. The number of nitrogens with one attached hydrogen (secondary N) is 1. The van der Waals surface area contributed by atoms with Gasteiger partial charge in [0.15, 0.2) is 0 Å². The molecule has 3 aromatic rings. The predicted octanol–water partition coefficient (Wildman–Crippen LogP) is 3.11. The van der Waals surface area contributed by atoms with E-state index >= 15 is 0 Å². The van der Waals surface area contributed by atoms with Gasteiger partial charge in [0.25, 0.3) is 11.8 Å². The highest BCUT2D eigenvalue weighted by Gasteiger charge is 2.24. The Kier molecular flexibility index (Phi) is 3.95. The number of carbonyl (C=O) groups is 2. The lowest BCUT2D eigenvalue weighted by Crippen LogP contribution is -2.12. The lowest BCUT2D eigenvalue weighted by atomic mass is 10.1. The number of benzene rings is 1. The van der Waals surface area contributed by atoms with Crippen molar-refractivity contribution in [3.05, 3.63) is 59.4 Å². The first-order chi connectivity index (χ1) is 12.5. The molecule has 0 radical (unpaired) electrons. The van der Waals surface area contributed by atoms with Crippen LogP contribution in [-0.4, -0.2) is 21.4 Å². The van der Waals surface area contributed by atoms with Gasteiger partial charge in [-0.1, -0.05) is 17.7 Å². The number of anilines is 1. The first kappa shape index (κ1) is 16.3. The van der Waals surface area contributed by atoms with Gasteiger partial charge in [-0.3, -0.25) is 9.59 Å². The summed E-state index contributed by atoms with van der Waals surface area (Å²) in [4.78, 5) is 28.7. The Morgan fingerprint density at radius 1 is 1.27 bits per heavy atom. The fourth-order valence-electron chi connectivity index (χ4n) is 3.06. The number of hydrogen-bond acceptors (Lipinski definition) is 3. The zero-order valence-corrected chi connectivity index (χ0v) is 14.5. The maximum Gasteiger partial charge on any atom is 0.255 e. The van der Waals surface area contributed by atoms with E-state index in [4.69, 9.17) is 5.73 Å². The monoisotopic (exact) mass is 348 g/mol. The molecular weight excluding hydrogens is 328 g/mol. The van der Waals surface area contributed by atoms with Gasteiger partial charge in [0.1, 0.15) is 5.65 Å². The van der Waals surface area contributed by atoms with Crippen molar-refractivity contribution in [1.82, 2.24) is 9.55 Å². The van der Waals surface area contributed by atoms with Crippen molar-refractivity contribution >= 4 is 28.5 Å². The van der Waals surface area contributed by atoms with Crippen LogP contribution in [0.15, 0.2) is 42.7 Å². The molecule has 2 amide bonds. The number of aromatic nitrogens is 2. The topological polar surface area (TPSA) is 90.0 Å². The smallest absolute Gasteiger partial charge is 0.255 e. The van der Waals surface area contributed by atoms with Crippen LogP contribution >= 0.6 is 0 Å². The van der Waals surface area contributed by atoms with E-state index in [-0.39, 0.29) is 5.91 Å². The van der Waals surface area contributed by atoms with Gasteiger partial charge >= 0.3 is 0 Å². The summed E-state index contributed by atoms with van der Waals surface area (Å²) in [6.45, 7) is 2.81. The Bertz CT molecular complexity index is 1000. The Morgan fingerprint density at radius 2 is 2.00 bits per heavy atom. The van der Waals surface area contributed by atoms with Crippen LogP contribution in [0.1, 0.15) is 39.1 Å². The Balaban J connectivity index is 1.65. The zero-order valence-electron chi connectivity index (χ0n) is 14.5. The molecule has 1 aliphatic rings. The molecule has 0 aliphatic heterocycles. The number of carbonyl (C=O) groups excluding carboxylic acids is 2. The van der Waals surface area contributed by atoms with E-state index in [1.54, 1.807) is 30.6 Å². The van der Waals surface area contributed by atoms with Gasteiger partial charge in [-0.2, -0.15) is 0 Å². The summed E-state index contributed by atoms with van der Waals surface area (Å²) in [5.41, 5.74) is 8.87. The minimum atomic E-state index is -0.492. The first-order valence-electron chi connectivity index (χ1n) is 8.68. The van der Waals surface area contributed by atoms with Gasteiger partial charge < -0.3 is 15.6 Å². The molecule has 0 unspecified atom stereocenters. The summed E-state index contributed by atoms with van der Waals surface area (Å²) in [6.07, 6.45) is 5.79. The molecule has 0 saturated heterocycles. The summed E-state index contributed by atoms with van der Waals surface area (Å²) in [5, 5.41) is 3.50. The van der Waals surface area contributed by atoms with E-state index in [1.807, 2.05) is 23.6 Å². The number of hydrogen-bond donors (Lipinski definition) is 2. The first-order valence-corrected chi connectivity index (χ1v) is 8.68. The minimum absolute atomic E-state index is 0.218. The van der Waals surface area contributed by atoms with Gasteiger partial charge in [-0.25, -0.2) is 4.98 Å². The minimum Gasteiger partial charge on any atom is -0.366 e.